The minimum absolute atomic E-state index is 0.0852. The first-order chi connectivity index (χ1) is 11.3. The molecular weight excluding hydrogens is 323 g/mol. The second kappa shape index (κ2) is 5.59. The molecule has 0 aliphatic carbocycles. The van der Waals surface area contributed by atoms with Crippen LogP contribution in [0.25, 0.3) is 22.0 Å². The van der Waals surface area contributed by atoms with Crippen LogP contribution in [0.5, 0.6) is 5.75 Å². The highest BCUT2D eigenvalue weighted by Gasteiger charge is 2.30. The Labute approximate surface area is 134 Å². The summed E-state index contributed by atoms with van der Waals surface area (Å²) in [6.45, 7) is 0. The second-order valence-corrected chi connectivity index (χ2v) is 5.17. The number of carboxylic acid groups (broad SMARTS) is 1. The van der Waals surface area contributed by atoms with Gasteiger partial charge in [-0.3, -0.25) is 0 Å². The van der Waals surface area contributed by atoms with Crippen LogP contribution in [-0.2, 0) is 6.18 Å². The fourth-order valence-electron chi connectivity index (χ4n) is 2.59. The van der Waals surface area contributed by atoms with Crippen molar-refractivity contribution < 1.29 is 27.8 Å². The smallest absolute Gasteiger partial charge is 0.416 e. The number of fused-ring (bicyclic) bond motifs is 1. The number of carboxylic acids is 1. The number of aromatic carboxylic acids is 1. The van der Waals surface area contributed by atoms with Crippen molar-refractivity contribution in [3.63, 3.8) is 0 Å². The third kappa shape index (κ3) is 2.68. The third-order valence-electron chi connectivity index (χ3n) is 3.72. The van der Waals surface area contributed by atoms with Crippen molar-refractivity contribution >= 4 is 16.9 Å². The van der Waals surface area contributed by atoms with Gasteiger partial charge in [0.25, 0.3) is 0 Å². The van der Waals surface area contributed by atoms with Crippen LogP contribution in [0.3, 0.4) is 0 Å². The molecule has 3 rings (SSSR count). The van der Waals surface area contributed by atoms with Crippen molar-refractivity contribution in [2.75, 3.05) is 7.11 Å². The SMILES string of the molecule is COc1ccc2c(-c3ccc(C(F)(F)F)cc3)c(C(=O)O)[nH]c2c1. The summed E-state index contributed by atoms with van der Waals surface area (Å²) < 4.78 is 43.2. The maximum Gasteiger partial charge on any atom is 0.416 e. The van der Waals surface area contributed by atoms with Gasteiger partial charge in [0.15, 0.2) is 0 Å². The molecule has 0 unspecified atom stereocenters. The highest BCUT2D eigenvalue weighted by molar-refractivity contribution is 6.07. The number of methoxy groups -OCH3 is 1. The predicted molar refractivity (Wildman–Crippen MR) is 82.2 cm³/mol. The van der Waals surface area contributed by atoms with Crippen LogP contribution in [0.2, 0.25) is 0 Å². The van der Waals surface area contributed by atoms with Gasteiger partial charge in [0.1, 0.15) is 11.4 Å². The van der Waals surface area contributed by atoms with Gasteiger partial charge in [-0.2, -0.15) is 13.2 Å². The van der Waals surface area contributed by atoms with Crippen molar-refractivity contribution in [1.29, 1.82) is 0 Å². The maximum atomic E-state index is 12.7. The molecule has 0 amide bonds. The molecule has 2 aromatic carbocycles. The molecule has 0 atom stereocenters. The summed E-state index contributed by atoms with van der Waals surface area (Å²) in [4.78, 5) is 14.3. The molecule has 3 aromatic rings. The summed E-state index contributed by atoms with van der Waals surface area (Å²) in [7, 11) is 1.49. The van der Waals surface area contributed by atoms with Gasteiger partial charge < -0.3 is 14.8 Å². The number of hydrogen-bond acceptors (Lipinski definition) is 2. The number of aromatic amines is 1. The lowest BCUT2D eigenvalue weighted by Gasteiger charge is -2.08. The minimum Gasteiger partial charge on any atom is -0.497 e. The van der Waals surface area contributed by atoms with Crippen LogP contribution in [-0.4, -0.2) is 23.2 Å². The van der Waals surface area contributed by atoms with Crippen LogP contribution in [0.4, 0.5) is 13.2 Å². The van der Waals surface area contributed by atoms with Gasteiger partial charge in [0.2, 0.25) is 0 Å². The summed E-state index contributed by atoms with van der Waals surface area (Å²) in [5.74, 6) is -0.653. The van der Waals surface area contributed by atoms with Gasteiger partial charge in [0, 0.05) is 17.0 Å². The molecule has 0 saturated heterocycles. The number of nitrogens with one attached hydrogen (secondary N) is 1. The average molecular weight is 335 g/mol. The number of ether oxygens (including phenoxy) is 1. The summed E-state index contributed by atoms with van der Waals surface area (Å²) in [5.41, 5.74) is 0.384. The number of halogens is 3. The van der Waals surface area contributed by atoms with Crippen molar-refractivity contribution in [3.8, 4) is 16.9 Å². The molecule has 2 N–H and O–H groups in total. The Morgan fingerprint density at radius 1 is 1.12 bits per heavy atom. The lowest BCUT2D eigenvalue weighted by atomic mass is 10.00. The highest BCUT2D eigenvalue weighted by atomic mass is 19.4. The molecule has 1 heterocycles. The zero-order valence-electron chi connectivity index (χ0n) is 12.4. The van der Waals surface area contributed by atoms with E-state index in [9.17, 15) is 23.1 Å². The monoisotopic (exact) mass is 335 g/mol. The number of H-pyrrole nitrogens is 1. The van der Waals surface area contributed by atoms with Crippen molar-refractivity contribution in [2.24, 2.45) is 0 Å². The summed E-state index contributed by atoms with van der Waals surface area (Å²) in [5, 5.41) is 9.99. The fraction of sp³-hybridized carbons (Fsp3) is 0.118. The molecule has 124 valence electrons. The molecule has 4 nitrogen and oxygen atoms in total. The van der Waals surface area contributed by atoms with Gasteiger partial charge in [-0.1, -0.05) is 12.1 Å². The zero-order valence-corrected chi connectivity index (χ0v) is 12.4. The van der Waals surface area contributed by atoms with Gasteiger partial charge in [0.05, 0.1) is 18.2 Å². The van der Waals surface area contributed by atoms with E-state index < -0.39 is 17.7 Å². The number of rotatable bonds is 3. The molecule has 0 aliphatic heterocycles. The number of aromatic nitrogens is 1. The highest BCUT2D eigenvalue weighted by Crippen LogP contribution is 2.36. The largest absolute Gasteiger partial charge is 0.497 e. The van der Waals surface area contributed by atoms with Gasteiger partial charge in [-0.15, -0.1) is 0 Å². The van der Waals surface area contributed by atoms with Gasteiger partial charge >= 0.3 is 12.1 Å². The first kappa shape index (κ1) is 15.9. The Hall–Kier alpha value is -2.96. The first-order valence-corrected chi connectivity index (χ1v) is 6.92. The van der Waals surface area contributed by atoms with E-state index in [0.717, 1.165) is 12.1 Å². The number of carbonyl (C=O) groups is 1. The van der Waals surface area contributed by atoms with E-state index in [1.54, 1.807) is 18.2 Å². The molecule has 0 radical (unpaired) electrons. The number of hydrogen-bond donors (Lipinski definition) is 2. The van der Waals surface area contributed by atoms with Crippen LogP contribution >= 0.6 is 0 Å². The van der Waals surface area contributed by atoms with E-state index in [4.69, 9.17) is 4.74 Å². The summed E-state index contributed by atoms with van der Waals surface area (Å²) in [6.07, 6.45) is -4.44. The van der Waals surface area contributed by atoms with Crippen molar-refractivity contribution in [3.05, 3.63) is 53.7 Å². The fourth-order valence-corrected chi connectivity index (χ4v) is 2.59. The molecule has 0 spiro atoms. The maximum absolute atomic E-state index is 12.7. The number of benzene rings is 2. The lowest BCUT2D eigenvalue weighted by molar-refractivity contribution is -0.137. The normalized spacial score (nSPS) is 11.7. The van der Waals surface area contributed by atoms with E-state index in [0.29, 0.717) is 27.8 Å². The van der Waals surface area contributed by atoms with E-state index in [1.807, 2.05) is 0 Å². The standard InChI is InChI=1S/C17H12F3NO3/c1-24-11-6-7-12-13(8-11)21-15(16(22)23)14(12)9-2-4-10(5-3-9)17(18,19)20/h2-8,21H,1H3,(H,22,23). The van der Waals surface area contributed by atoms with E-state index >= 15 is 0 Å². The molecule has 24 heavy (non-hydrogen) atoms. The van der Waals surface area contributed by atoms with Gasteiger partial charge in [-0.25, -0.2) is 4.79 Å². The summed E-state index contributed by atoms with van der Waals surface area (Å²) in [6, 6.07) is 9.37. The van der Waals surface area contributed by atoms with Crippen molar-refractivity contribution in [1.82, 2.24) is 4.98 Å². The molecule has 0 bridgehead atoms. The molecule has 7 heteroatoms. The Morgan fingerprint density at radius 3 is 2.33 bits per heavy atom. The Bertz CT molecular complexity index is 911. The second-order valence-electron chi connectivity index (χ2n) is 5.17. The first-order valence-electron chi connectivity index (χ1n) is 6.92. The van der Waals surface area contributed by atoms with Crippen LogP contribution < -0.4 is 4.74 Å². The van der Waals surface area contributed by atoms with Crippen LogP contribution in [0.1, 0.15) is 16.1 Å². The topological polar surface area (TPSA) is 62.3 Å². The Balaban J connectivity index is 2.20. The predicted octanol–water partition coefficient (Wildman–Crippen LogP) is 4.56. The van der Waals surface area contributed by atoms with Crippen LogP contribution in [0, 0.1) is 0 Å². The van der Waals surface area contributed by atoms with Crippen molar-refractivity contribution in [2.45, 2.75) is 6.18 Å². The average Bonchev–Trinajstić information content (AvgIpc) is 2.92. The van der Waals surface area contributed by atoms with E-state index in [2.05, 4.69) is 4.98 Å². The van der Waals surface area contributed by atoms with E-state index in [-0.39, 0.29) is 5.69 Å². The number of alkyl halides is 3. The Morgan fingerprint density at radius 2 is 1.79 bits per heavy atom. The quantitative estimate of drug-likeness (QED) is 0.737. The lowest BCUT2D eigenvalue weighted by Crippen LogP contribution is -2.04. The van der Waals surface area contributed by atoms with Crippen LogP contribution in [0.15, 0.2) is 42.5 Å². The zero-order chi connectivity index (χ0) is 17.5. The minimum atomic E-state index is -4.44. The molecule has 0 saturated carbocycles. The summed E-state index contributed by atoms with van der Waals surface area (Å²) >= 11 is 0. The molecule has 0 aliphatic rings. The molecular formula is C17H12F3NO3. The Kier molecular flexibility index (Phi) is 3.71. The van der Waals surface area contributed by atoms with Gasteiger partial charge in [-0.05, 0) is 29.8 Å². The molecule has 0 fully saturated rings. The molecule has 1 aromatic heterocycles. The van der Waals surface area contributed by atoms with E-state index in [1.165, 1.54) is 19.2 Å². The third-order valence-corrected chi connectivity index (χ3v) is 3.72.